The van der Waals surface area contributed by atoms with Crippen molar-refractivity contribution in [3.63, 3.8) is 0 Å². The highest BCUT2D eigenvalue weighted by Gasteiger charge is 1.93. The van der Waals surface area contributed by atoms with Gasteiger partial charge in [-0.2, -0.15) is 5.10 Å². The number of aromatic amines is 1. The highest BCUT2D eigenvalue weighted by molar-refractivity contribution is 7.80. The van der Waals surface area contributed by atoms with Crippen molar-refractivity contribution in [1.29, 1.82) is 0 Å². The summed E-state index contributed by atoms with van der Waals surface area (Å²) in [5.74, 6) is 5.03. The topological polar surface area (TPSA) is 78.8 Å². The van der Waals surface area contributed by atoms with Crippen molar-refractivity contribution in [2.45, 2.75) is 6.54 Å². The molecule has 1 aromatic heterocycles. The molecular weight excluding hydrogens is 162 g/mol. The van der Waals surface area contributed by atoms with Crippen molar-refractivity contribution >= 4 is 17.3 Å². The predicted molar refractivity (Wildman–Crippen MR) is 45.3 cm³/mol. The zero-order chi connectivity index (χ0) is 8.10. The van der Waals surface area contributed by atoms with Crippen molar-refractivity contribution in [3.05, 3.63) is 18.0 Å². The lowest BCUT2D eigenvalue weighted by Crippen LogP contribution is -2.39. The van der Waals surface area contributed by atoms with E-state index in [1.165, 1.54) is 0 Å². The number of hydrazine groups is 1. The van der Waals surface area contributed by atoms with E-state index in [1.807, 2.05) is 0 Å². The fourth-order valence-electron chi connectivity index (χ4n) is 0.608. The third-order valence-electron chi connectivity index (χ3n) is 1.14. The molecule has 0 atom stereocenters. The van der Waals surface area contributed by atoms with Crippen LogP contribution in [-0.2, 0) is 6.54 Å². The van der Waals surface area contributed by atoms with Crippen molar-refractivity contribution in [2.75, 3.05) is 0 Å². The Morgan fingerprint density at radius 2 is 2.64 bits per heavy atom. The average molecular weight is 171 g/mol. The second-order valence-electron chi connectivity index (χ2n) is 1.93. The molecule has 6 heteroatoms. The van der Waals surface area contributed by atoms with E-state index in [4.69, 9.17) is 18.1 Å². The van der Waals surface area contributed by atoms with Gasteiger partial charge in [-0.15, -0.1) is 0 Å². The summed E-state index contributed by atoms with van der Waals surface area (Å²) in [6.07, 6.45) is 3.50. The van der Waals surface area contributed by atoms with Crippen molar-refractivity contribution in [3.8, 4) is 0 Å². The minimum absolute atomic E-state index is 0.422. The summed E-state index contributed by atoms with van der Waals surface area (Å²) in [7, 11) is 0. The second-order valence-corrected chi connectivity index (χ2v) is 2.34. The largest absolute Gasteiger partial charge is 0.357 e. The van der Waals surface area contributed by atoms with Crippen LogP contribution in [0.5, 0.6) is 0 Å². The molecule has 0 aliphatic heterocycles. The summed E-state index contributed by atoms with van der Waals surface area (Å²) >= 11 is 4.75. The van der Waals surface area contributed by atoms with Gasteiger partial charge in [0.15, 0.2) is 5.11 Å². The number of nitrogens with one attached hydrogen (secondary N) is 3. The lowest BCUT2D eigenvalue weighted by atomic mass is 10.4. The SMILES string of the molecule is NNC(=S)NCc1cn[nH]c1. The number of rotatable bonds is 2. The van der Waals surface area contributed by atoms with E-state index < -0.39 is 0 Å². The predicted octanol–water partition coefficient (Wildman–Crippen LogP) is -0.752. The van der Waals surface area contributed by atoms with Gasteiger partial charge in [0.25, 0.3) is 0 Å². The van der Waals surface area contributed by atoms with E-state index in [0.29, 0.717) is 11.7 Å². The Morgan fingerprint density at radius 3 is 3.18 bits per heavy atom. The molecule has 5 nitrogen and oxygen atoms in total. The Balaban J connectivity index is 2.29. The van der Waals surface area contributed by atoms with Gasteiger partial charge in [0.05, 0.1) is 6.20 Å². The third-order valence-corrected chi connectivity index (χ3v) is 1.40. The Hall–Kier alpha value is -1.14. The normalized spacial score (nSPS) is 9.18. The molecule has 0 aliphatic carbocycles. The van der Waals surface area contributed by atoms with Crippen molar-refractivity contribution < 1.29 is 0 Å². The summed E-state index contributed by atoms with van der Waals surface area (Å²) in [4.78, 5) is 0. The van der Waals surface area contributed by atoms with Gasteiger partial charge in [-0.3, -0.25) is 5.10 Å². The summed E-state index contributed by atoms with van der Waals surface area (Å²) in [6, 6.07) is 0. The quantitative estimate of drug-likeness (QED) is 0.267. The molecule has 0 unspecified atom stereocenters. The molecule has 0 amide bonds. The van der Waals surface area contributed by atoms with E-state index in [9.17, 15) is 0 Å². The van der Waals surface area contributed by atoms with Gasteiger partial charge in [0.1, 0.15) is 0 Å². The number of nitrogens with zero attached hydrogens (tertiary/aromatic N) is 1. The van der Waals surface area contributed by atoms with Crippen LogP contribution in [0.15, 0.2) is 12.4 Å². The zero-order valence-electron chi connectivity index (χ0n) is 5.79. The second kappa shape index (κ2) is 3.89. The molecule has 0 aromatic carbocycles. The van der Waals surface area contributed by atoms with E-state index in [1.54, 1.807) is 12.4 Å². The van der Waals surface area contributed by atoms with Crippen LogP contribution in [0.3, 0.4) is 0 Å². The lowest BCUT2D eigenvalue weighted by molar-refractivity contribution is 0.867. The highest BCUT2D eigenvalue weighted by Crippen LogP contribution is 1.90. The smallest absolute Gasteiger partial charge is 0.180 e. The Bertz CT molecular complexity index is 219. The van der Waals surface area contributed by atoms with Gasteiger partial charge in [-0.05, 0) is 12.2 Å². The minimum atomic E-state index is 0.422. The van der Waals surface area contributed by atoms with E-state index in [2.05, 4.69) is 20.9 Å². The molecule has 11 heavy (non-hydrogen) atoms. The summed E-state index contributed by atoms with van der Waals surface area (Å²) < 4.78 is 0. The van der Waals surface area contributed by atoms with Crippen LogP contribution in [-0.4, -0.2) is 15.3 Å². The first-order chi connectivity index (χ1) is 5.33. The molecule has 0 saturated heterocycles. The fraction of sp³-hybridized carbons (Fsp3) is 0.200. The Labute approximate surface area is 69.3 Å². The third kappa shape index (κ3) is 2.52. The van der Waals surface area contributed by atoms with Crippen molar-refractivity contribution in [1.82, 2.24) is 20.9 Å². The Kier molecular flexibility index (Phi) is 2.82. The fourth-order valence-corrected chi connectivity index (χ4v) is 0.680. The van der Waals surface area contributed by atoms with Crippen LogP contribution >= 0.6 is 12.2 Å². The van der Waals surface area contributed by atoms with Gasteiger partial charge in [-0.25, -0.2) is 5.84 Å². The molecule has 0 fully saturated rings. The van der Waals surface area contributed by atoms with Crippen LogP contribution in [0.4, 0.5) is 0 Å². The van der Waals surface area contributed by atoms with Crippen LogP contribution < -0.4 is 16.6 Å². The molecular formula is C5H9N5S. The number of nitrogens with two attached hydrogens (primary N) is 1. The van der Waals surface area contributed by atoms with Gasteiger partial charge >= 0.3 is 0 Å². The highest BCUT2D eigenvalue weighted by atomic mass is 32.1. The molecule has 0 saturated carbocycles. The van der Waals surface area contributed by atoms with E-state index >= 15 is 0 Å². The van der Waals surface area contributed by atoms with Crippen LogP contribution in [0, 0.1) is 0 Å². The average Bonchev–Trinajstić information content (AvgIpc) is 2.52. The molecule has 1 aromatic rings. The molecule has 0 spiro atoms. The van der Waals surface area contributed by atoms with E-state index in [-0.39, 0.29) is 0 Å². The van der Waals surface area contributed by atoms with Gasteiger partial charge in [-0.1, -0.05) is 0 Å². The van der Waals surface area contributed by atoms with Gasteiger partial charge in [0.2, 0.25) is 0 Å². The van der Waals surface area contributed by atoms with Gasteiger partial charge < -0.3 is 10.7 Å². The van der Waals surface area contributed by atoms with Crippen molar-refractivity contribution in [2.24, 2.45) is 5.84 Å². The summed E-state index contributed by atoms with van der Waals surface area (Å²) in [5, 5.41) is 9.75. The number of hydrogen-bond acceptors (Lipinski definition) is 3. The molecule has 0 aliphatic rings. The first-order valence-corrected chi connectivity index (χ1v) is 3.46. The first-order valence-electron chi connectivity index (χ1n) is 3.05. The molecule has 1 heterocycles. The van der Waals surface area contributed by atoms with Gasteiger partial charge in [0, 0.05) is 18.3 Å². The standard InChI is InChI=1S/C5H9N5S/c6-10-5(11)7-1-4-2-8-9-3-4/h2-3H,1,6H2,(H,8,9)(H2,7,10,11). The summed E-state index contributed by atoms with van der Waals surface area (Å²) in [5.41, 5.74) is 3.35. The maximum Gasteiger partial charge on any atom is 0.180 e. The Morgan fingerprint density at radius 1 is 1.82 bits per heavy atom. The summed E-state index contributed by atoms with van der Waals surface area (Å²) in [6.45, 7) is 0.625. The number of H-pyrrole nitrogens is 1. The molecule has 0 bridgehead atoms. The van der Waals surface area contributed by atoms with E-state index in [0.717, 1.165) is 5.56 Å². The van der Waals surface area contributed by atoms with Crippen LogP contribution in [0.2, 0.25) is 0 Å². The zero-order valence-corrected chi connectivity index (χ0v) is 6.61. The number of hydrogen-bond donors (Lipinski definition) is 4. The monoisotopic (exact) mass is 171 g/mol. The molecule has 1 rings (SSSR count). The minimum Gasteiger partial charge on any atom is -0.357 e. The number of aromatic nitrogens is 2. The molecule has 0 radical (unpaired) electrons. The molecule has 5 N–H and O–H groups in total. The molecule has 60 valence electrons. The first kappa shape index (κ1) is 7.96. The maximum atomic E-state index is 5.03. The van der Waals surface area contributed by atoms with Crippen LogP contribution in [0.1, 0.15) is 5.56 Å². The number of thiocarbonyl (C=S) groups is 1. The lowest BCUT2D eigenvalue weighted by Gasteiger charge is -2.03. The van der Waals surface area contributed by atoms with Crippen LogP contribution in [0.25, 0.3) is 0 Å². The maximum absolute atomic E-state index is 5.03.